The summed E-state index contributed by atoms with van der Waals surface area (Å²) >= 11 is 0. The molecule has 1 atom stereocenters. The predicted octanol–water partition coefficient (Wildman–Crippen LogP) is 5.45. The van der Waals surface area contributed by atoms with Crippen LogP contribution in [0.3, 0.4) is 0 Å². The van der Waals surface area contributed by atoms with E-state index in [1.807, 2.05) is 39.0 Å². The van der Waals surface area contributed by atoms with Gasteiger partial charge in [0.15, 0.2) is 0 Å². The third-order valence-electron chi connectivity index (χ3n) is 6.07. The number of likely N-dealkylation sites (tertiary alicyclic amines) is 1. The van der Waals surface area contributed by atoms with E-state index in [1.165, 1.54) is 12.1 Å². The molecule has 2 aromatic rings. The normalized spacial score (nSPS) is 18.3. The molecular formula is C26H30F3N3O3. The third kappa shape index (κ3) is 5.71. The molecule has 0 bridgehead atoms. The van der Waals surface area contributed by atoms with Crippen molar-refractivity contribution in [3.63, 3.8) is 0 Å². The molecule has 0 saturated carbocycles. The average molecular weight is 490 g/mol. The van der Waals surface area contributed by atoms with Crippen LogP contribution in [-0.4, -0.2) is 66.7 Å². The Hall–Kier alpha value is -3.23. The van der Waals surface area contributed by atoms with Crippen molar-refractivity contribution in [2.75, 3.05) is 33.3 Å². The zero-order valence-corrected chi connectivity index (χ0v) is 20.4. The van der Waals surface area contributed by atoms with Gasteiger partial charge in [-0.2, -0.15) is 13.2 Å². The molecule has 0 aromatic heterocycles. The van der Waals surface area contributed by atoms with Crippen LogP contribution in [0.1, 0.15) is 38.3 Å². The molecule has 0 radical (unpaired) electrons. The summed E-state index contributed by atoms with van der Waals surface area (Å²) in [5.41, 5.74) is 0.991. The fourth-order valence-electron chi connectivity index (χ4n) is 4.26. The number of benzene rings is 2. The number of carbonyl (C=O) groups is 1. The largest absolute Gasteiger partial charge is 0.491 e. The Morgan fingerprint density at radius 3 is 2.46 bits per heavy atom. The molecule has 188 valence electrons. The fraction of sp³-hybridized carbons (Fsp3) is 0.462. The Morgan fingerprint density at radius 1 is 1.11 bits per heavy atom. The predicted molar refractivity (Wildman–Crippen MR) is 128 cm³/mol. The van der Waals surface area contributed by atoms with Gasteiger partial charge in [0.1, 0.15) is 23.8 Å². The minimum absolute atomic E-state index is 0.0294. The van der Waals surface area contributed by atoms with Gasteiger partial charge in [0, 0.05) is 20.1 Å². The number of rotatable bonds is 2. The van der Waals surface area contributed by atoms with Gasteiger partial charge in [-0.25, -0.2) is 4.79 Å². The average Bonchev–Trinajstić information content (AvgIpc) is 3.17. The Bertz CT molecular complexity index is 1110. The topological polar surface area (TPSA) is 54.4 Å². The van der Waals surface area contributed by atoms with Crippen molar-refractivity contribution in [2.45, 2.75) is 45.0 Å². The number of aliphatic imine (C=N–C) groups is 1. The van der Waals surface area contributed by atoms with Crippen LogP contribution >= 0.6 is 0 Å². The van der Waals surface area contributed by atoms with E-state index in [1.54, 1.807) is 11.9 Å². The van der Waals surface area contributed by atoms with Crippen molar-refractivity contribution < 1.29 is 27.4 Å². The number of fused-ring (bicyclic) bond motifs is 1. The molecule has 2 heterocycles. The summed E-state index contributed by atoms with van der Waals surface area (Å²) < 4.78 is 50.3. The minimum Gasteiger partial charge on any atom is -0.491 e. The van der Waals surface area contributed by atoms with E-state index in [4.69, 9.17) is 14.5 Å². The monoisotopic (exact) mass is 489 g/mol. The van der Waals surface area contributed by atoms with Gasteiger partial charge in [0.2, 0.25) is 0 Å². The van der Waals surface area contributed by atoms with Crippen LogP contribution < -0.4 is 4.74 Å². The van der Waals surface area contributed by atoms with Crippen molar-refractivity contribution in [2.24, 2.45) is 4.99 Å². The first-order valence-electron chi connectivity index (χ1n) is 11.6. The van der Waals surface area contributed by atoms with Crippen molar-refractivity contribution in [1.82, 2.24) is 9.80 Å². The summed E-state index contributed by atoms with van der Waals surface area (Å²) in [5.74, 6) is 1.45. The van der Waals surface area contributed by atoms with Crippen LogP contribution in [0.5, 0.6) is 5.75 Å². The molecule has 6 nitrogen and oxygen atoms in total. The lowest BCUT2D eigenvalue weighted by atomic mass is 10.00. The van der Waals surface area contributed by atoms with Crippen molar-refractivity contribution in [1.29, 1.82) is 0 Å². The van der Waals surface area contributed by atoms with Crippen LogP contribution in [0.2, 0.25) is 0 Å². The van der Waals surface area contributed by atoms with E-state index in [2.05, 4.69) is 4.90 Å². The molecule has 0 N–H and O–H groups in total. The second-order valence-electron chi connectivity index (χ2n) is 9.82. The van der Waals surface area contributed by atoms with Gasteiger partial charge in [0.05, 0.1) is 23.7 Å². The molecule has 2 aromatic carbocycles. The molecule has 1 unspecified atom stereocenters. The zero-order valence-electron chi connectivity index (χ0n) is 20.4. The Kier molecular flexibility index (Phi) is 6.71. The van der Waals surface area contributed by atoms with Crippen LogP contribution in [0.4, 0.5) is 18.0 Å². The van der Waals surface area contributed by atoms with Gasteiger partial charge in [-0.05, 0) is 62.6 Å². The molecular weight excluding hydrogens is 459 g/mol. The van der Waals surface area contributed by atoms with E-state index in [9.17, 15) is 18.0 Å². The maximum Gasteiger partial charge on any atom is 0.416 e. The first-order chi connectivity index (χ1) is 16.4. The van der Waals surface area contributed by atoms with Crippen LogP contribution in [0.15, 0.2) is 47.5 Å². The number of amides is 1. The molecule has 4 rings (SSSR count). The standard InChI is InChI=1S/C26H30F3N3O3/c1-25(2,3)35-24(33)31(4)20-11-13-32(16-20)23-21-15-18(7-10-22(21)34-14-12-30-23)17-5-8-19(9-6-17)26(27,28)29/h5-10,15,20H,11-14,16H2,1-4H3. The second kappa shape index (κ2) is 9.43. The van der Waals surface area contributed by atoms with Gasteiger partial charge in [0.25, 0.3) is 0 Å². The summed E-state index contributed by atoms with van der Waals surface area (Å²) in [6.07, 6.45) is -3.97. The molecule has 2 aliphatic heterocycles. The molecule has 0 spiro atoms. The summed E-state index contributed by atoms with van der Waals surface area (Å²) in [6, 6.07) is 10.7. The number of hydrogen-bond donors (Lipinski definition) is 0. The lowest BCUT2D eigenvalue weighted by molar-refractivity contribution is -0.137. The number of likely N-dealkylation sites (N-methyl/N-ethyl adjacent to an activating group) is 1. The number of carbonyl (C=O) groups excluding carboxylic acids is 1. The highest BCUT2D eigenvalue weighted by Gasteiger charge is 2.34. The first kappa shape index (κ1) is 24.9. The second-order valence-corrected chi connectivity index (χ2v) is 9.82. The Labute approximate surface area is 203 Å². The summed E-state index contributed by atoms with van der Waals surface area (Å²) in [4.78, 5) is 21.1. The van der Waals surface area contributed by atoms with Gasteiger partial charge in [-0.1, -0.05) is 18.2 Å². The van der Waals surface area contributed by atoms with Gasteiger partial charge in [-0.15, -0.1) is 0 Å². The van der Waals surface area contributed by atoms with Crippen LogP contribution in [0, 0.1) is 0 Å². The summed E-state index contributed by atoms with van der Waals surface area (Å²) in [7, 11) is 1.75. The van der Waals surface area contributed by atoms with Crippen LogP contribution in [-0.2, 0) is 10.9 Å². The number of halogens is 3. The van der Waals surface area contributed by atoms with Gasteiger partial charge >= 0.3 is 12.3 Å². The number of hydrogen-bond acceptors (Lipinski definition) is 5. The number of nitrogens with zero attached hydrogens (tertiary/aromatic N) is 3. The highest BCUT2D eigenvalue weighted by atomic mass is 19.4. The van der Waals surface area contributed by atoms with Crippen LogP contribution in [0.25, 0.3) is 11.1 Å². The maximum atomic E-state index is 13.0. The number of alkyl halides is 3. The third-order valence-corrected chi connectivity index (χ3v) is 6.07. The smallest absolute Gasteiger partial charge is 0.416 e. The van der Waals surface area contributed by atoms with Gasteiger partial charge in [-0.3, -0.25) is 4.99 Å². The Morgan fingerprint density at radius 2 is 1.80 bits per heavy atom. The van der Waals surface area contributed by atoms with E-state index in [0.29, 0.717) is 37.6 Å². The highest BCUT2D eigenvalue weighted by Crippen LogP contribution is 2.34. The van der Waals surface area contributed by atoms with E-state index >= 15 is 0 Å². The van der Waals surface area contributed by atoms with Crippen molar-refractivity contribution in [3.05, 3.63) is 53.6 Å². The lowest BCUT2D eigenvalue weighted by Gasteiger charge is -2.29. The number of ether oxygens (including phenoxy) is 2. The van der Waals surface area contributed by atoms with E-state index < -0.39 is 17.3 Å². The molecule has 9 heteroatoms. The quantitative estimate of drug-likeness (QED) is 0.563. The maximum absolute atomic E-state index is 13.0. The van der Waals surface area contributed by atoms with Gasteiger partial charge < -0.3 is 19.3 Å². The molecule has 1 saturated heterocycles. The first-order valence-corrected chi connectivity index (χ1v) is 11.6. The fourth-order valence-corrected chi connectivity index (χ4v) is 4.26. The molecule has 1 fully saturated rings. The van der Waals surface area contributed by atoms with Crippen molar-refractivity contribution >= 4 is 11.9 Å². The zero-order chi connectivity index (χ0) is 25.4. The Balaban J connectivity index is 1.56. The summed E-state index contributed by atoms with van der Waals surface area (Å²) in [5, 5.41) is 0. The summed E-state index contributed by atoms with van der Waals surface area (Å²) in [6.45, 7) is 7.74. The molecule has 35 heavy (non-hydrogen) atoms. The number of amidine groups is 1. The lowest BCUT2D eigenvalue weighted by Crippen LogP contribution is -2.42. The van der Waals surface area contributed by atoms with Crippen molar-refractivity contribution in [3.8, 4) is 16.9 Å². The SMILES string of the molecule is CN(C(=O)OC(C)(C)C)C1CCN(C2=NCCOc3ccc(-c4ccc(C(F)(F)F)cc4)cc32)C1. The molecule has 1 amide bonds. The molecule has 2 aliphatic rings. The minimum atomic E-state index is -4.38. The molecule has 0 aliphatic carbocycles. The van der Waals surface area contributed by atoms with E-state index in [-0.39, 0.29) is 12.1 Å². The van der Waals surface area contributed by atoms with E-state index in [0.717, 1.165) is 35.5 Å². The highest BCUT2D eigenvalue weighted by molar-refractivity contribution is 6.02.